The van der Waals surface area contributed by atoms with E-state index in [1.807, 2.05) is 6.92 Å². The number of aromatic nitrogens is 2. The molecular formula is C11H16BrF2N3O2. The molecule has 0 aliphatic rings. The van der Waals surface area contributed by atoms with Gasteiger partial charge in [-0.15, -0.1) is 0 Å². The van der Waals surface area contributed by atoms with Gasteiger partial charge >= 0.3 is 0 Å². The van der Waals surface area contributed by atoms with Crippen LogP contribution < -0.4 is 10.9 Å². The quantitative estimate of drug-likeness (QED) is 0.795. The lowest BCUT2D eigenvalue weighted by Gasteiger charge is -2.13. The molecule has 5 nitrogen and oxygen atoms in total. The Morgan fingerprint density at radius 3 is 2.84 bits per heavy atom. The van der Waals surface area contributed by atoms with Crippen molar-refractivity contribution in [3.63, 3.8) is 0 Å². The number of nitrogens with zero attached hydrogens (tertiary/aromatic N) is 2. The lowest BCUT2D eigenvalue weighted by molar-refractivity contribution is 0.00383. The maximum atomic E-state index is 12.1. The van der Waals surface area contributed by atoms with Gasteiger partial charge in [0.25, 0.3) is 12.0 Å². The number of unbranched alkanes of at least 4 members (excludes halogenated alkanes) is 1. The molecule has 1 heterocycles. The van der Waals surface area contributed by atoms with Crippen molar-refractivity contribution in [2.45, 2.75) is 38.8 Å². The van der Waals surface area contributed by atoms with E-state index in [9.17, 15) is 13.6 Å². The Morgan fingerprint density at radius 2 is 2.26 bits per heavy atom. The molecule has 0 aliphatic carbocycles. The number of rotatable bonds is 7. The molecule has 0 saturated heterocycles. The van der Waals surface area contributed by atoms with Crippen molar-refractivity contribution >= 4 is 21.6 Å². The van der Waals surface area contributed by atoms with E-state index >= 15 is 0 Å². The van der Waals surface area contributed by atoms with Crippen LogP contribution in [-0.2, 0) is 6.54 Å². The molecule has 0 radical (unpaired) electrons. The summed E-state index contributed by atoms with van der Waals surface area (Å²) in [7, 11) is 0. The summed E-state index contributed by atoms with van der Waals surface area (Å²) < 4.78 is 25.8. The van der Waals surface area contributed by atoms with Gasteiger partial charge in [0, 0.05) is 13.1 Å². The van der Waals surface area contributed by atoms with Crippen molar-refractivity contribution in [3.05, 3.63) is 21.0 Å². The number of aliphatic hydroxyl groups excluding tert-OH is 1. The fourth-order valence-electron chi connectivity index (χ4n) is 1.36. The van der Waals surface area contributed by atoms with Crippen LogP contribution in [0.15, 0.2) is 15.5 Å². The van der Waals surface area contributed by atoms with E-state index in [0.29, 0.717) is 6.54 Å². The summed E-state index contributed by atoms with van der Waals surface area (Å²) in [5, 5.41) is 15.5. The molecule has 1 rings (SSSR count). The Labute approximate surface area is 117 Å². The number of hydrogen-bond acceptors (Lipinski definition) is 4. The molecule has 0 saturated carbocycles. The predicted octanol–water partition coefficient (Wildman–Crippen LogP) is 1.84. The minimum absolute atomic E-state index is 0.222. The lowest BCUT2D eigenvalue weighted by atomic mass is 10.3. The number of alkyl halides is 2. The fourth-order valence-corrected chi connectivity index (χ4v) is 1.81. The van der Waals surface area contributed by atoms with Crippen LogP contribution in [0.2, 0.25) is 0 Å². The van der Waals surface area contributed by atoms with Gasteiger partial charge < -0.3 is 10.4 Å². The standard InChI is InChI=1S/C11H16BrF2N3O2/c1-2-3-4-17-11(19)9(12)7(5-16-17)15-6-8(18)10(13)14/h5,8,10,15,18H,2-4,6H2,1H3. The van der Waals surface area contributed by atoms with E-state index in [0.717, 1.165) is 12.8 Å². The first-order chi connectivity index (χ1) is 8.97. The maximum absolute atomic E-state index is 12.1. The molecule has 0 aromatic carbocycles. The third-order valence-electron chi connectivity index (χ3n) is 2.50. The van der Waals surface area contributed by atoms with E-state index in [2.05, 4.69) is 26.3 Å². The largest absolute Gasteiger partial charge is 0.385 e. The molecule has 19 heavy (non-hydrogen) atoms. The first-order valence-corrected chi connectivity index (χ1v) is 6.72. The van der Waals surface area contributed by atoms with Gasteiger partial charge in [-0.1, -0.05) is 13.3 Å². The predicted molar refractivity (Wildman–Crippen MR) is 71.6 cm³/mol. The van der Waals surface area contributed by atoms with Crippen molar-refractivity contribution in [1.29, 1.82) is 0 Å². The normalized spacial score (nSPS) is 12.7. The molecule has 0 spiro atoms. The molecule has 0 fully saturated rings. The summed E-state index contributed by atoms with van der Waals surface area (Å²) in [6.45, 7) is 2.16. The fraction of sp³-hybridized carbons (Fsp3) is 0.636. The third-order valence-corrected chi connectivity index (χ3v) is 3.27. The SMILES string of the molecule is CCCCn1ncc(NCC(O)C(F)F)c(Br)c1=O. The first kappa shape index (κ1) is 16.0. The maximum Gasteiger partial charge on any atom is 0.283 e. The van der Waals surface area contributed by atoms with Crippen LogP contribution in [0.25, 0.3) is 0 Å². The zero-order chi connectivity index (χ0) is 14.4. The summed E-state index contributed by atoms with van der Waals surface area (Å²) in [5.74, 6) is 0. The second kappa shape index (κ2) is 7.54. The Hall–Kier alpha value is -1.02. The third kappa shape index (κ3) is 4.54. The average Bonchev–Trinajstić information content (AvgIpc) is 2.38. The highest BCUT2D eigenvalue weighted by Gasteiger charge is 2.17. The Balaban J connectivity index is 2.76. The van der Waals surface area contributed by atoms with E-state index in [-0.39, 0.29) is 22.3 Å². The van der Waals surface area contributed by atoms with Gasteiger partial charge in [-0.2, -0.15) is 5.10 Å². The Bertz CT molecular complexity index is 468. The van der Waals surface area contributed by atoms with Crippen LogP contribution >= 0.6 is 15.9 Å². The molecule has 1 aromatic heterocycles. The Kier molecular flexibility index (Phi) is 6.36. The van der Waals surface area contributed by atoms with Crippen LogP contribution in [-0.4, -0.2) is 34.0 Å². The molecule has 1 atom stereocenters. The van der Waals surface area contributed by atoms with E-state index in [1.54, 1.807) is 0 Å². The van der Waals surface area contributed by atoms with Gasteiger partial charge in [0.1, 0.15) is 10.6 Å². The van der Waals surface area contributed by atoms with Gasteiger partial charge in [-0.05, 0) is 22.4 Å². The number of hydrogen-bond donors (Lipinski definition) is 2. The number of aliphatic hydroxyl groups is 1. The Morgan fingerprint density at radius 1 is 1.58 bits per heavy atom. The van der Waals surface area contributed by atoms with Crippen LogP contribution in [0, 0.1) is 0 Å². The molecule has 2 N–H and O–H groups in total. The zero-order valence-electron chi connectivity index (χ0n) is 10.4. The van der Waals surface area contributed by atoms with Crippen LogP contribution in [0.4, 0.5) is 14.5 Å². The average molecular weight is 340 g/mol. The van der Waals surface area contributed by atoms with Crippen molar-refractivity contribution in [2.24, 2.45) is 0 Å². The highest BCUT2D eigenvalue weighted by atomic mass is 79.9. The minimum Gasteiger partial charge on any atom is -0.385 e. The highest BCUT2D eigenvalue weighted by molar-refractivity contribution is 9.10. The van der Waals surface area contributed by atoms with Gasteiger partial charge in [-0.3, -0.25) is 4.79 Å². The summed E-state index contributed by atoms with van der Waals surface area (Å²) >= 11 is 3.11. The molecule has 8 heteroatoms. The summed E-state index contributed by atoms with van der Waals surface area (Å²) in [4.78, 5) is 11.9. The molecule has 1 unspecified atom stereocenters. The van der Waals surface area contributed by atoms with Crippen molar-refractivity contribution in [2.75, 3.05) is 11.9 Å². The number of aryl methyl sites for hydroxylation is 1. The van der Waals surface area contributed by atoms with Crippen molar-refractivity contribution in [3.8, 4) is 0 Å². The molecular weight excluding hydrogens is 324 g/mol. The van der Waals surface area contributed by atoms with Crippen LogP contribution in [0.1, 0.15) is 19.8 Å². The number of halogens is 3. The van der Waals surface area contributed by atoms with Gasteiger partial charge in [0.15, 0.2) is 0 Å². The number of nitrogens with one attached hydrogen (secondary N) is 1. The van der Waals surface area contributed by atoms with Gasteiger partial charge in [0.05, 0.1) is 11.9 Å². The molecule has 0 aliphatic heterocycles. The van der Waals surface area contributed by atoms with Crippen LogP contribution in [0.5, 0.6) is 0 Å². The van der Waals surface area contributed by atoms with E-state index in [4.69, 9.17) is 5.11 Å². The summed E-state index contributed by atoms with van der Waals surface area (Å²) in [5.41, 5.74) is -0.0394. The van der Waals surface area contributed by atoms with E-state index < -0.39 is 12.5 Å². The smallest absolute Gasteiger partial charge is 0.283 e. The number of anilines is 1. The summed E-state index contributed by atoms with van der Waals surface area (Å²) in [6, 6.07) is 0. The minimum atomic E-state index is -2.83. The van der Waals surface area contributed by atoms with Crippen LogP contribution in [0.3, 0.4) is 0 Å². The lowest BCUT2D eigenvalue weighted by Crippen LogP contribution is -2.29. The highest BCUT2D eigenvalue weighted by Crippen LogP contribution is 2.16. The topological polar surface area (TPSA) is 67.2 Å². The second-order valence-corrected chi connectivity index (χ2v) is 4.83. The summed E-state index contributed by atoms with van der Waals surface area (Å²) in [6.07, 6.45) is -1.47. The monoisotopic (exact) mass is 339 g/mol. The van der Waals surface area contributed by atoms with E-state index in [1.165, 1.54) is 10.9 Å². The first-order valence-electron chi connectivity index (χ1n) is 5.93. The molecule has 1 aromatic rings. The van der Waals surface area contributed by atoms with Gasteiger partial charge in [0.2, 0.25) is 0 Å². The molecule has 0 bridgehead atoms. The van der Waals surface area contributed by atoms with Crippen molar-refractivity contribution < 1.29 is 13.9 Å². The molecule has 108 valence electrons. The molecule has 0 amide bonds. The van der Waals surface area contributed by atoms with Gasteiger partial charge in [-0.25, -0.2) is 13.5 Å². The van der Waals surface area contributed by atoms with Crippen molar-refractivity contribution in [1.82, 2.24) is 9.78 Å². The zero-order valence-corrected chi connectivity index (χ0v) is 12.0. The second-order valence-electron chi connectivity index (χ2n) is 4.04.